The van der Waals surface area contributed by atoms with Gasteiger partial charge in [0, 0.05) is 16.8 Å². The van der Waals surface area contributed by atoms with Crippen molar-refractivity contribution >= 4 is 17.5 Å². The first kappa shape index (κ1) is 15.8. The maximum atomic E-state index is 12.7. The third-order valence-corrected chi connectivity index (χ3v) is 4.73. The van der Waals surface area contributed by atoms with Crippen molar-refractivity contribution in [3.63, 3.8) is 0 Å². The fraction of sp³-hybridized carbons (Fsp3) is 0.471. The number of rotatable bonds is 3. The van der Waals surface area contributed by atoms with Crippen molar-refractivity contribution in [1.82, 2.24) is 0 Å². The van der Waals surface area contributed by atoms with Crippen LogP contribution in [0.25, 0.3) is 0 Å². The normalized spacial score (nSPS) is 33.0. The standard InChI is InChI=1S/C17H19NO5/c1-4-9(2)23-15(20)13-10(3)18-17(22)12-8-6-5-7-11(12)14(19)16(13,17)21/h5-9,13,21-22H,4H2,1-3H3/t9-,13-,16-,17-/m1/s1. The highest BCUT2D eigenvalue weighted by Gasteiger charge is 2.72. The van der Waals surface area contributed by atoms with E-state index in [9.17, 15) is 19.8 Å². The van der Waals surface area contributed by atoms with Crippen molar-refractivity contribution in [3.8, 4) is 0 Å². The second kappa shape index (κ2) is 4.97. The molecule has 1 aromatic carbocycles. The molecule has 0 saturated heterocycles. The molecule has 1 heterocycles. The van der Waals surface area contributed by atoms with Gasteiger partial charge in [-0.3, -0.25) is 14.6 Å². The van der Waals surface area contributed by atoms with Gasteiger partial charge in [-0.2, -0.15) is 0 Å². The van der Waals surface area contributed by atoms with Crippen LogP contribution in [0.15, 0.2) is 29.3 Å². The van der Waals surface area contributed by atoms with Gasteiger partial charge in [-0.15, -0.1) is 0 Å². The van der Waals surface area contributed by atoms with Crippen LogP contribution < -0.4 is 0 Å². The van der Waals surface area contributed by atoms with Gasteiger partial charge in [0.1, 0.15) is 5.92 Å². The molecule has 1 aliphatic heterocycles. The van der Waals surface area contributed by atoms with E-state index < -0.39 is 29.0 Å². The Morgan fingerprint density at radius 2 is 2.04 bits per heavy atom. The van der Waals surface area contributed by atoms with Crippen molar-refractivity contribution in [3.05, 3.63) is 35.4 Å². The Morgan fingerprint density at radius 3 is 2.70 bits per heavy atom. The van der Waals surface area contributed by atoms with E-state index in [1.54, 1.807) is 19.1 Å². The van der Waals surface area contributed by atoms with Crippen molar-refractivity contribution in [2.45, 2.75) is 44.6 Å². The lowest BCUT2D eigenvalue weighted by atomic mass is 9.79. The largest absolute Gasteiger partial charge is 0.462 e. The average Bonchev–Trinajstić information content (AvgIpc) is 2.82. The number of hydrogen-bond acceptors (Lipinski definition) is 6. The first-order chi connectivity index (χ1) is 10.8. The van der Waals surface area contributed by atoms with Crippen molar-refractivity contribution < 1.29 is 24.5 Å². The molecule has 1 aliphatic carbocycles. The molecule has 2 N–H and O–H groups in total. The topological polar surface area (TPSA) is 96.2 Å². The molecule has 0 saturated carbocycles. The summed E-state index contributed by atoms with van der Waals surface area (Å²) < 4.78 is 5.28. The molecule has 0 amide bonds. The lowest BCUT2D eigenvalue weighted by Gasteiger charge is -2.32. The molecule has 0 aromatic heterocycles. The number of hydrogen-bond donors (Lipinski definition) is 2. The number of ether oxygens (including phenoxy) is 1. The number of ketones is 1. The summed E-state index contributed by atoms with van der Waals surface area (Å²) in [6.45, 7) is 5.09. The summed E-state index contributed by atoms with van der Waals surface area (Å²) in [5.74, 6) is -2.77. The minimum absolute atomic E-state index is 0.176. The monoisotopic (exact) mass is 317 g/mol. The number of nitrogens with zero attached hydrogens (tertiary/aromatic N) is 1. The summed E-state index contributed by atoms with van der Waals surface area (Å²) in [4.78, 5) is 29.3. The van der Waals surface area contributed by atoms with Crippen LogP contribution >= 0.6 is 0 Å². The van der Waals surface area contributed by atoms with Gasteiger partial charge >= 0.3 is 5.97 Å². The Labute approximate surface area is 133 Å². The van der Waals surface area contributed by atoms with Crippen LogP contribution in [0.2, 0.25) is 0 Å². The van der Waals surface area contributed by atoms with E-state index in [4.69, 9.17) is 4.74 Å². The van der Waals surface area contributed by atoms with Crippen LogP contribution in [0, 0.1) is 5.92 Å². The van der Waals surface area contributed by atoms with E-state index in [1.807, 2.05) is 6.92 Å². The second-order valence-electron chi connectivity index (χ2n) is 6.16. The van der Waals surface area contributed by atoms with Crippen molar-refractivity contribution in [1.29, 1.82) is 0 Å². The molecule has 122 valence electrons. The van der Waals surface area contributed by atoms with E-state index in [0.29, 0.717) is 6.42 Å². The van der Waals surface area contributed by atoms with Crippen LogP contribution in [0.1, 0.15) is 43.1 Å². The van der Waals surface area contributed by atoms with E-state index in [-0.39, 0.29) is 22.9 Å². The predicted molar refractivity (Wildman–Crippen MR) is 82.1 cm³/mol. The van der Waals surface area contributed by atoms with Gasteiger partial charge in [0.2, 0.25) is 11.5 Å². The van der Waals surface area contributed by atoms with Gasteiger partial charge in [0.15, 0.2) is 5.60 Å². The minimum Gasteiger partial charge on any atom is -0.462 e. The second-order valence-corrected chi connectivity index (χ2v) is 6.16. The third-order valence-electron chi connectivity index (χ3n) is 4.73. The summed E-state index contributed by atoms with van der Waals surface area (Å²) in [5.41, 5.74) is -3.93. The number of benzene rings is 1. The zero-order valence-electron chi connectivity index (χ0n) is 13.2. The molecule has 0 radical (unpaired) electrons. The van der Waals surface area contributed by atoms with Crippen molar-refractivity contribution in [2.24, 2.45) is 10.9 Å². The highest BCUT2D eigenvalue weighted by molar-refractivity contribution is 6.18. The van der Waals surface area contributed by atoms with E-state index in [0.717, 1.165) is 0 Å². The Kier molecular flexibility index (Phi) is 3.42. The molecule has 3 rings (SSSR count). The molecule has 6 nitrogen and oxygen atoms in total. The Balaban J connectivity index is 2.10. The van der Waals surface area contributed by atoms with E-state index in [2.05, 4.69) is 4.99 Å². The number of aliphatic imine (C=N–C) groups is 1. The molecule has 0 bridgehead atoms. The molecule has 4 atom stereocenters. The Hall–Kier alpha value is -2.05. The highest BCUT2D eigenvalue weighted by atomic mass is 16.5. The molecular formula is C17H19NO5. The van der Waals surface area contributed by atoms with E-state index in [1.165, 1.54) is 19.1 Å². The molecular weight excluding hydrogens is 298 g/mol. The lowest BCUT2D eigenvalue weighted by molar-refractivity contribution is -0.168. The molecule has 2 aliphatic rings. The third kappa shape index (κ3) is 1.85. The molecule has 0 fully saturated rings. The van der Waals surface area contributed by atoms with Gasteiger partial charge in [-0.05, 0) is 20.3 Å². The summed E-state index contributed by atoms with van der Waals surface area (Å²) in [6.07, 6.45) is 0.248. The van der Waals surface area contributed by atoms with Crippen LogP contribution in [0.4, 0.5) is 0 Å². The number of aliphatic hydroxyl groups is 2. The number of esters is 1. The van der Waals surface area contributed by atoms with Crippen molar-refractivity contribution in [2.75, 3.05) is 0 Å². The van der Waals surface area contributed by atoms with Crippen LogP contribution in [-0.2, 0) is 15.3 Å². The maximum absolute atomic E-state index is 12.7. The quantitative estimate of drug-likeness (QED) is 0.816. The first-order valence-electron chi connectivity index (χ1n) is 7.63. The zero-order chi connectivity index (χ0) is 17.0. The smallest absolute Gasteiger partial charge is 0.318 e. The average molecular weight is 317 g/mol. The van der Waals surface area contributed by atoms with Crippen LogP contribution in [-0.4, -0.2) is 39.4 Å². The number of carbonyl (C=O) groups is 2. The van der Waals surface area contributed by atoms with Gasteiger partial charge < -0.3 is 14.9 Å². The molecule has 1 aromatic rings. The fourth-order valence-corrected chi connectivity index (χ4v) is 3.34. The molecule has 0 unspecified atom stereocenters. The van der Waals surface area contributed by atoms with Gasteiger partial charge in [-0.1, -0.05) is 31.2 Å². The lowest BCUT2D eigenvalue weighted by Crippen LogP contribution is -2.56. The fourth-order valence-electron chi connectivity index (χ4n) is 3.34. The van der Waals surface area contributed by atoms with E-state index >= 15 is 0 Å². The predicted octanol–water partition coefficient (Wildman–Crippen LogP) is 1.19. The number of carbonyl (C=O) groups excluding carboxylic acids is 2. The summed E-state index contributed by atoms with van der Waals surface area (Å²) >= 11 is 0. The Bertz CT molecular complexity index is 727. The SMILES string of the molecule is CC[C@@H](C)OC(=O)[C@H]1C(C)=N[C@@]2(O)c3ccccc3C(=O)[C@]12O. The summed E-state index contributed by atoms with van der Waals surface area (Å²) in [5, 5.41) is 22.0. The number of Topliss-reactive ketones (excluding diaryl/α,β-unsaturated/α-hetero) is 1. The molecule has 0 spiro atoms. The zero-order valence-corrected chi connectivity index (χ0v) is 13.2. The minimum atomic E-state index is -2.36. The highest BCUT2D eigenvalue weighted by Crippen LogP contribution is 2.53. The first-order valence-corrected chi connectivity index (χ1v) is 7.63. The summed E-state index contributed by atoms with van der Waals surface area (Å²) in [6, 6.07) is 6.32. The number of fused-ring (bicyclic) bond motifs is 3. The Morgan fingerprint density at radius 1 is 1.39 bits per heavy atom. The summed E-state index contributed by atoms with van der Waals surface area (Å²) in [7, 11) is 0. The molecule has 23 heavy (non-hydrogen) atoms. The maximum Gasteiger partial charge on any atom is 0.318 e. The van der Waals surface area contributed by atoms with Gasteiger partial charge in [0.25, 0.3) is 0 Å². The van der Waals surface area contributed by atoms with Crippen LogP contribution in [0.5, 0.6) is 0 Å². The van der Waals surface area contributed by atoms with Gasteiger partial charge in [0.05, 0.1) is 6.10 Å². The van der Waals surface area contributed by atoms with Gasteiger partial charge in [-0.25, -0.2) is 0 Å². The van der Waals surface area contributed by atoms with Crippen LogP contribution in [0.3, 0.4) is 0 Å². The molecule has 6 heteroatoms.